The third-order valence-electron chi connectivity index (χ3n) is 2.01. The van der Waals surface area contributed by atoms with Gasteiger partial charge in [0.05, 0.1) is 12.2 Å². The Morgan fingerprint density at radius 3 is 3.00 bits per heavy atom. The summed E-state index contributed by atoms with van der Waals surface area (Å²) in [6, 6.07) is 0.333. The Bertz CT molecular complexity index is 122. The van der Waals surface area contributed by atoms with Gasteiger partial charge in [-0.05, 0) is 12.5 Å². The highest BCUT2D eigenvalue weighted by atomic mass is 16.5. The minimum Gasteiger partial charge on any atom is -0.629 e. The van der Waals surface area contributed by atoms with E-state index in [4.69, 9.17) is 0 Å². The summed E-state index contributed by atoms with van der Waals surface area (Å²) in [7, 11) is 0. The second-order valence-corrected chi connectivity index (χ2v) is 2.88. The Balaban J connectivity index is 2.17. The Morgan fingerprint density at radius 2 is 2.50 bits per heavy atom. The van der Waals surface area contributed by atoms with E-state index in [0.29, 0.717) is 11.1 Å². The number of hydrogen-bond donors (Lipinski definition) is 1. The first-order chi connectivity index (χ1) is 4.84. The maximum atomic E-state index is 11.0. The van der Waals surface area contributed by atoms with Gasteiger partial charge in [-0.2, -0.15) is 0 Å². The van der Waals surface area contributed by atoms with Crippen LogP contribution in [0.5, 0.6) is 0 Å². The molecule has 0 aromatic heterocycles. The number of rotatable bonds is 3. The minimum absolute atomic E-state index is 0.333. The highest BCUT2D eigenvalue weighted by Gasteiger charge is 2.16. The van der Waals surface area contributed by atoms with Crippen molar-refractivity contribution in [2.75, 3.05) is 0 Å². The molecule has 0 saturated heterocycles. The van der Waals surface area contributed by atoms with Crippen LogP contribution in [-0.4, -0.2) is 6.04 Å². The molecule has 1 aliphatic heterocycles. The third-order valence-corrected chi connectivity index (χ3v) is 2.01. The average molecular weight is 141 g/mol. The minimum atomic E-state index is 0.333. The summed E-state index contributed by atoms with van der Waals surface area (Å²) in [4.78, 5) is 0. The maximum Gasteiger partial charge on any atom is 0.0950 e. The van der Waals surface area contributed by atoms with Crippen LogP contribution in [0.1, 0.15) is 32.6 Å². The summed E-state index contributed by atoms with van der Waals surface area (Å²) in [5.74, 6) is 0. The van der Waals surface area contributed by atoms with Crippen molar-refractivity contribution in [1.29, 1.82) is 0 Å². The van der Waals surface area contributed by atoms with Gasteiger partial charge in [0, 0.05) is 12.8 Å². The molecule has 0 bridgehead atoms. The van der Waals surface area contributed by atoms with Crippen molar-refractivity contribution in [2.24, 2.45) is 0 Å². The van der Waals surface area contributed by atoms with Gasteiger partial charge in [-0.25, -0.2) is 0 Å². The van der Waals surface area contributed by atoms with Crippen molar-refractivity contribution in [3.05, 3.63) is 17.5 Å². The lowest BCUT2D eigenvalue weighted by Gasteiger charge is -2.22. The SMILES string of the molecule is CCCCC1CC=C[NH+]1[O-]. The number of unbranched alkanes of at least 4 members (excludes halogenated alkanes) is 1. The molecule has 0 spiro atoms. The largest absolute Gasteiger partial charge is 0.629 e. The second kappa shape index (κ2) is 3.74. The lowest BCUT2D eigenvalue weighted by Crippen LogP contribution is -3.05. The van der Waals surface area contributed by atoms with Crippen LogP contribution in [0.25, 0.3) is 0 Å². The van der Waals surface area contributed by atoms with Gasteiger partial charge in [-0.3, -0.25) is 0 Å². The first-order valence-electron chi connectivity index (χ1n) is 4.05. The first kappa shape index (κ1) is 7.76. The van der Waals surface area contributed by atoms with Gasteiger partial charge in [-0.15, -0.1) is 0 Å². The zero-order valence-electron chi connectivity index (χ0n) is 6.47. The molecule has 1 heterocycles. The van der Waals surface area contributed by atoms with Gasteiger partial charge in [0.1, 0.15) is 0 Å². The zero-order valence-corrected chi connectivity index (χ0v) is 6.47. The quantitative estimate of drug-likeness (QED) is 0.579. The normalized spacial score (nSPS) is 31.4. The van der Waals surface area contributed by atoms with Crippen LogP contribution >= 0.6 is 0 Å². The Hall–Kier alpha value is -0.340. The molecule has 0 aromatic rings. The summed E-state index contributed by atoms with van der Waals surface area (Å²) in [6.07, 6.45) is 8.17. The Labute approximate surface area is 62.1 Å². The van der Waals surface area contributed by atoms with Gasteiger partial charge in [0.25, 0.3) is 0 Å². The second-order valence-electron chi connectivity index (χ2n) is 2.88. The summed E-state index contributed by atoms with van der Waals surface area (Å²) >= 11 is 0. The molecule has 0 saturated carbocycles. The molecule has 0 radical (unpaired) electrons. The molecular formula is C8H15NO. The van der Waals surface area contributed by atoms with Crippen LogP contribution < -0.4 is 5.06 Å². The molecule has 0 aliphatic carbocycles. The highest BCUT2D eigenvalue weighted by molar-refractivity contribution is 4.84. The van der Waals surface area contributed by atoms with Gasteiger partial charge < -0.3 is 10.3 Å². The van der Waals surface area contributed by atoms with E-state index in [0.717, 1.165) is 12.8 Å². The van der Waals surface area contributed by atoms with E-state index < -0.39 is 0 Å². The summed E-state index contributed by atoms with van der Waals surface area (Å²) < 4.78 is 0. The van der Waals surface area contributed by atoms with E-state index in [-0.39, 0.29) is 0 Å². The number of quaternary nitrogens is 1. The van der Waals surface area contributed by atoms with Crippen LogP contribution in [0.4, 0.5) is 0 Å². The van der Waals surface area contributed by atoms with Crippen LogP contribution in [0.3, 0.4) is 0 Å². The number of nitrogens with one attached hydrogen (secondary N) is 1. The van der Waals surface area contributed by atoms with E-state index in [1.165, 1.54) is 12.8 Å². The van der Waals surface area contributed by atoms with Gasteiger partial charge in [0.2, 0.25) is 0 Å². The van der Waals surface area contributed by atoms with Crippen LogP contribution in [0.2, 0.25) is 0 Å². The van der Waals surface area contributed by atoms with Crippen molar-refractivity contribution in [3.63, 3.8) is 0 Å². The topological polar surface area (TPSA) is 27.5 Å². The molecule has 0 fully saturated rings. The summed E-state index contributed by atoms with van der Waals surface area (Å²) in [6.45, 7) is 2.16. The lowest BCUT2D eigenvalue weighted by atomic mass is 10.1. The van der Waals surface area contributed by atoms with Crippen LogP contribution in [-0.2, 0) is 0 Å². The maximum absolute atomic E-state index is 11.0. The number of hydrogen-bond acceptors (Lipinski definition) is 1. The van der Waals surface area contributed by atoms with E-state index in [2.05, 4.69) is 6.92 Å². The molecular weight excluding hydrogens is 126 g/mol. The van der Waals surface area contributed by atoms with Crippen molar-refractivity contribution in [2.45, 2.75) is 38.6 Å². The standard InChI is InChI=1S/C8H15NO/c1-2-3-5-8-6-4-7-9(8)10/h4,7-9H,2-3,5-6H2,1H3. The van der Waals surface area contributed by atoms with Gasteiger partial charge in [0.15, 0.2) is 0 Å². The molecule has 2 heteroatoms. The predicted octanol–water partition coefficient (Wildman–Crippen LogP) is 0.845. The van der Waals surface area contributed by atoms with E-state index in [1.807, 2.05) is 6.08 Å². The molecule has 1 aliphatic rings. The molecule has 58 valence electrons. The fourth-order valence-electron chi connectivity index (χ4n) is 1.31. The van der Waals surface area contributed by atoms with Gasteiger partial charge in [-0.1, -0.05) is 13.3 Å². The van der Waals surface area contributed by atoms with Gasteiger partial charge >= 0.3 is 0 Å². The molecule has 1 N–H and O–H groups in total. The third kappa shape index (κ3) is 1.82. The van der Waals surface area contributed by atoms with E-state index >= 15 is 0 Å². The smallest absolute Gasteiger partial charge is 0.0950 e. The van der Waals surface area contributed by atoms with Crippen molar-refractivity contribution < 1.29 is 5.06 Å². The molecule has 2 atom stereocenters. The average Bonchev–Trinajstić information content (AvgIpc) is 2.31. The monoisotopic (exact) mass is 141 g/mol. The predicted molar refractivity (Wildman–Crippen MR) is 41.4 cm³/mol. The first-order valence-corrected chi connectivity index (χ1v) is 4.05. The van der Waals surface area contributed by atoms with Crippen LogP contribution in [0, 0.1) is 5.21 Å². The van der Waals surface area contributed by atoms with E-state index in [1.54, 1.807) is 6.20 Å². The molecule has 0 aromatic carbocycles. The zero-order chi connectivity index (χ0) is 7.40. The van der Waals surface area contributed by atoms with Crippen molar-refractivity contribution in [1.82, 2.24) is 0 Å². The van der Waals surface area contributed by atoms with E-state index in [9.17, 15) is 5.21 Å². The number of hydroxylamine groups is 2. The molecule has 10 heavy (non-hydrogen) atoms. The molecule has 0 amide bonds. The van der Waals surface area contributed by atoms with Crippen molar-refractivity contribution >= 4 is 0 Å². The fourth-order valence-corrected chi connectivity index (χ4v) is 1.31. The lowest BCUT2D eigenvalue weighted by molar-refractivity contribution is -0.814. The molecule has 1 rings (SSSR count). The van der Waals surface area contributed by atoms with Crippen molar-refractivity contribution in [3.8, 4) is 0 Å². The highest BCUT2D eigenvalue weighted by Crippen LogP contribution is 2.04. The molecule has 2 nitrogen and oxygen atoms in total. The Kier molecular flexibility index (Phi) is 2.90. The summed E-state index contributed by atoms with van der Waals surface area (Å²) in [5.41, 5.74) is 0. The molecule has 2 unspecified atom stereocenters. The summed E-state index contributed by atoms with van der Waals surface area (Å²) in [5, 5.41) is 11.3. The van der Waals surface area contributed by atoms with Crippen LogP contribution in [0.15, 0.2) is 12.3 Å². The Morgan fingerprint density at radius 1 is 1.70 bits per heavy atom. The fraction of sp³-hybridized carbons (Fsp3) is 0.750.